The van der Waals surface area contributed by atoms with Gasteiger partial charge in [-0.2, -0.15) is 0 Å². The standard InChI is InChI=1S/C70H54N2O2/c1-45-21-18-34-61(48(4)73-68-47(3)22-17-31-55(45)68)71(54-28-13-12-27-53(44-54)49-23-7-5-8-24-49)63-42-38-51-37-41-60-64(43-39-52-36-40-59(63)66(51)67(52)60)72(62-33-16-15-29-56(62)50-25-9-6-10-26-50)65-35-19-32-58-57-30-14-11-20-46(2)69(57)74-70(58)65/h5-29,31-43H,30,44H2,1-4H3. The second-order valence-corrected chi connectivity index (χ2v) is 19.7. The normalized spacial score (nSPS) is 13.4. The maximum absolute atomic E-state index is 7.10. The smallest absolute Gasteiger partial charge is 0.159 e. The summed E-state index contributed by atoms with van der Waals surface area (Å²) in [6, 6.07) is 68.4. The van der Waals surface area contributed by atoms with Crippen LogP contribution in [0.3, 0.4) is 0 Å². The number of furan rings is 1. The molecule has 0 bridgehead atoms. The summed E-state index contributed by atoms with van der Waals surface area (Å²) in [5.41, 5.74) is 17.3. The van der Waals surface area contributed by atoms with Crippen molar-refractivity contribution in [3.05, 3.63) is 270 Å². The van der Waals surface area contributed by atoms with Gasteiger partial charge in [-0.15, -0.1) is 0 Å². The second-order valence-electron chi connectivity index (χ2n) is 19.7. The number of rotatable bonds is 8. The molecule has 2 aliphatic carbocycles. The highest BCUT2D eigenvalue weighted by molar-refractivity contribution is 6.28. The van der Waals surface area contributed by atoms with E-state index < -0.39 is 0 Å². The van der Waals surface area contributed by atoms with Gasteiger partial charge < -0.3 is 18.6 Å². The van der Waals surface area contributed by atoms with Gasteiger partial charge in [0.15, 0.2) is 5.58 Å². The molecule has 356 valence electrons. The van der Waals surface area contributed by atoms with Crippen LogP contribution in [0, 0.1) is 20.8 Å². The zero-order valence-electron chi connectivity index (χ0n) is 42.1. The Morgan fingerprint density at radius 1 is 0.405 bits per heavy atom. The van der Waals surface area contributed by atoms with Crippen molar-refractivity contribution >= 4 is 93.8 Å². The number of aryl methyl sites for hydroxylation is 3. The predicted octanol–water partition coefficient (Wildman–Crippen LogP) is 19.8. The molecule has 9 aromatic carbocycles. The van der Waals surface area contributed by atoms with Crippen LogP contribution in [-0.2, 0) is 6.42 Å². The average Bonchev–Trinajstić information content (AvgIpc) is 3.54. The third-order valence-corrected chi connectivity index (χ3v) is 15.1. The van der Waals surface area contributed by atoms with Crippen molar-refractivity contribution in [3.8, 4) is 11.1 Å². The molecule has 0 atom stereocenters. The average molecular weight is 955 g/mol. The van der Waals surface area contributed by atoms with Gasteiger partial charge in [0, 0.05) is 44.8 Å². The molecule has 4 nitrogen and oxygen atoms in total. The summed E-state index contributed by atoms with van der Waals surface area (Å²) in [4.78, 5) is 4.90. The quantitative estimate of drug-likeness (QED) is 0.142. The third-order valence-electron chi connectivity index (χ3n) is 15.1. The number of allylic oxidation sites excluding steroid dienone is 9. The molecule has 0 unspecified atom stereocenters. The summed E-state index contributed by atoms with van der Waals surface area (Å²) in [7, 11) is 0. The zero-order chi connectivity index (χ0) is 49.9. The van der Waals surface area contributed by atoms with Gasteiger partial charge in [-0.25, -0.2) is 0 Å². The Balaban J connectivity index is 1.08. The number of hydrogen-bond acceptors (Lipinski definition) is 4. The van der Waals surface area contributed by atoms with Crippen LogP contribution in [0.15, 0.2) is 245 Å². The highest BCUT2D eigenvalue weighted by Gasteiger charge is 2.28. The van der Waals surface area contributed by atoms with E-state index in [1.54, 1.807) is 0 Å². The molecule has 0 N–H and O–H groups in total. The first kappa shape index (κ1) is 44.8. The topological polar surface area (TPSA) is 32.8 Å². The van der Waals surface area contributed by atoms with E-state index in [1.165, 1.54) is 38.2 Å². The Hall–Kier alpha value is -9.12. The lowest BCUT2D eigenvalue weighted by Gasteiger charge is -2.31. The fourth-order valence-corrected chi connectivity index (χ4v) is 11.5. The van der Waals surface area contributed by atoms with Crippen LogP contribution in [0.4, 0.5) is 28.4 Å². The van der Waals surface area contributed by atoms with E-state index in [1.807, 2.05) is 0 Å². The predicted molar refractivity (Wildman–Crippen MR) is 313 cm³/mol. The van der Waals surface area contributed by atoms with Gasteiger partial charge >= 0.3 is 0 Å². The van der Waals surface area contributed by atoms with Crippen LogP contribution in [0.25, 0.3) is 76.5 Å². The molecular weight excluding hydrogens is 901 g/mol. The zero-order valence-corrected chi connectivity index (χ0v) is 42.1. The fourth-order valence-electron chi connectivity index (χ4n) is 11.5. The fraction of sp³-hybridized carbons (Fsp3) is 0.0857. The summed E-state index contributed by atoms with van der Waals surface area (Å²) >= 11 is 0. The summed E-state index contributed by atoms with van der Waals surface area (Å²) < 4.78 is 14.2. The Morgan fingerprint density at radius 2 is 1.01 bits per heavy atom. The van der Waals surface area contributed by atoms with E-state index in [-0.39, 0.29) is 0 Å². The molecular formula is C70H54N2O2. The van der Waals surface area contributed by atoms with Crippen LogP contribution < -0.4 is 9.80 Å². The van der Waals surface area contributed by atoms with Gasteiger partial charge in [0.1, 0.15) is 17.1 Å². The number of nitrogens with zero attached hydrogens (tertiary/aromatic N) is 2. The first-order valence-electron chi connectivity index (χ1n) is 25.7. The van der Waals surface area contributed by atoms with Gasteiger partial charge in [0.05, 0.1) is 28.4 Å². The van der Waals surface area contributed by atoms with Crippen molar-refractivity contribution in [3.63, 3.8) is 0 Å². The molecule has 0 fully saturated rings. The Kier molecular flexibility index (Phi) is 11.2. The Bertz CT molecular complexity index is 4240. The van der Waals surface area contributed by atoms with Crippen molar-refractivity contribution in [2.45, 2.75) is 40.5 Å². The monoisotopic (exact) mass is 954 g/mol. The molecule has 0 amide bonds. The van der Waals surface area contributed by atoms with Crippen molar-refractivity contribution in [1.82, 2.24) is 0 Å². The lowest BCUT2D eigenvalue weighted by atomic mass is 9.91. The number of fused-ring (bicyclic) bond motifs is 4. The van der Waals surface area contributed by atoms with Crippen molar-refractivity contribution in [1.29, 1.82) is 0 Å². The number of hydrogen-bond donors (Lipinski definition) is 0. The van der Waals surface area contributed by atoms with Gasteiger partial charge in [-0.05, 0) is 125 Å². The first-order valence-corrected chi connectivity index (χ1v) is 25.7. The molecule has 2 heterocycles. The second kappa shape index (κ2) is 18.5. The van der Waals surface area contributed by atoms with E-state index in [2.05, 4.69) is 268 Å². The molecule has 4 heteroatoms. The maximum atomic E-state index is 7.10. The molecule has 0 spiro atoms. The minimum Gasteiger partial charge on any atom is -0.459 e. The SMILES string of the molecule is CC1=CC=CCc2c1oc1c(N(c3ccccc3-c3ccccc3)c3ccc4ccc5c(N(C6=CC=CC=C(c7ccccc7)C6)c6cccc(C)c7cccc(C)c7oc6C)ccc6ccc3c4c65)cccc21. The molecule has 0 saturated carbocycles. The molecule has 2 aromatic heterocycles. The highest BCUT2D eigenvalue weighted by Crippen LogP contribution is 2.51. The van der Waals surface area contributed by atoms with Crippen LogP contribution in [0.1, 0.15) is 47.1 Å². The summed E-state index contributed by atoms with van der Waals surface area (Å²) in [5, 5.41) is 9.30. The highest BCUT2D eigenvalue weighted by atomic mass is 16.3. The first-order chi connectivity index (χ1) is 36.4. The molecule has 0 aliphatic heterocycles. The van der Waals surface area contributed by atoms with Gasteiger partial charge in [-0.1, -0.05) is 194 Å². The van der Waals surface area contributed by atoms with Gasteiger partial charge in [-0.3, -0.25) is 0 Å². The molecule has 13 rings (SSSR count). The maximum Gasteiger partial charge on any atom is 0.159 e. The van der Waals surface area contributed by atoms with E-state index >= 15 is 0 Å². The van der Waals surface area contributed by atoms with E-state index in [0.29, 0.717) is 6.42 Å². The Labute approximate surface area is 432 Å². The number of benzene rings is 9. The minimum atomic E-state index is 0.696. The van der Waals surface area contributed by atoms with Gasteiger partial charge in [0.2, 0.25) is 0 Å². The van der Waals surface area contributed by atoms with Crippen molar-refractivity contribution < 1.29 is 8.83 Å². The largest absolute Gasteiger partial charge is 0.459 e. The number of para-hydroxylation sites is 3. The molecule has 11 aromatic rings. The van der Waals surface area contributed by atoms with E-state index in [0.717, 1.165) is 113 Å². The van der Waals surface area contributed by atoms with Crippen LogP contribution in [0.2, 0.25) is 0 Å². The summed E-state index contributed by atoms with van der Waals surface area (Å²) in [5.74, 6) is 1.76. The van der Waals surface area contributed by atoms with Crippen molar-refractivity contribution in [2.75, 3.05) is 9.80 Å². The van der Waals surface area contributed by atoms with Gasteiger partial charge in [0.25, 0.3) is 0 Å². The summed E-state index contributed by atoms with van der Waals surface area (Å²) in [6.07, 6.45) is 16.9. The third kappa shape index (κ3) is 7.61. The van der Waals surface area contributed by atoms with E-state index in [9.17, 15) is 0 Å². The van der Waals surface area contributed by atoms with Crippen molar-refractivity contribution in [2.24, 2.45) is 0 Å². The van der Waals surface area contributed by atoms with Crippen LogP contribution >= 0.6 is 0 Å². The number of anilines is 5. The van der Waals surface area contributed by atoms with Crippen LogP contribution in [-0.4, -0.2) is 0 Å². The molecule has 0 radical (unpaired) electrons. The minimum absolute atomic E-state index is 0.696. The molecule has 2 aliphatic rings. The van der Waals surface area contributed by atoms with E-state index in [4.69, 9.17) is 8.83 Å². The lowest BCUT2D eigenvalue weighted by molar-refractivity contribution is 0.567. The van der Waals surface area contributed by atoms with Crippen LogP contribution in [0.5, 0.6) is 0 Å². The Morgan fingerprint density at radius 3 is 1.78 bits per heavy atom. The lowest BCUT2D eigenvalue weighted by Crippen LogP contribution is -2.18. The molecule has 0 saturated heterocycles. The molecule has 74 heavy (non-hydrogen) atoms. The summed E-state index contributed by atoms with van der Waals surface area (Å²) in [6.45, 7) is 8.55.